The second-order valence-corrected chi connectivity index (χ2v) is 14.8. The van der Waals surface area contributed by atoms with E-state index in [1.54, 1.807) is 18.3 Å². The van der Waals surface area contributed by atoms with Crippen LogP contribution in [-0.4, -0.2) is 43.7 Å². The number of hydrogen-bond donors (Lipinski definition) is 3. The highest BCUT2D eigenvalue weighted by atomic mass is 32.2. The van der Waals surface area contributed by atoms with E-state index in [0.717, 1.165) is 34.2 Å². The number of anilines is 1. The largest absolute Gasteiger partial charge is 0.300 e. The number of rotatable bonds is 14. The predicted molar refractivity (Wildman–Crippen MR) is 159 cm³/mol. The van der Waals surface area contributed by atoms with Crippen molar-refractivity contribution in [3.8, 4) is 0 Å². The van der Waals surface area contributed by atoms with E-state index in [1.165, 1.54) is 59.1 Å². The number of aromatic nitrogens is 3. The molecule has 0 unspecified atom stereocenters. The molecule has 2 aromatic heterocycles. The number of sulfonamides is 2. The number of hydrogen-bond acceptors (Lipinski definition) is 11. The molecule has 2 heterocycles. The van der Waals surface area contributed by atoms with Crippen LogP contribution in [0.25, 0.3) is 0 Å². The zero-order valence-corrected chi connectivity index (χ0v) is 25.5. The minimum Gasteiger partial charge on any atom is -0.300 e. The van der Waals surface area contributed by atoms with Crippen LogP contribution in [0.15, 0.2) is 64.5 Å². The predicted octanol–water partition coefficient (Wildman–Crippen LogP) is 2.39. The molecule has 0 aliphatic carbocycles. The number of Topliss-reactive ketones (excluding diaryl/α,β-unsaturated/α-hetero) is 1. The summed E-state index contributed by atoms with van der Waals surface area (Å²) in [4.78, 5) is 30.2. The van der Waals surface area contributed by atoms with E-state index in [-0.39, 0.29) is 40.7 Å². The van der Waals surface area contributed by atoms with Crippen LogP contribution in [-0.2, 0) is 61.7 Å². The summed E-state index contributed by atoms with van der Waals surface area (Å²) >= 11 is 2.80. The van der Waals surface area contributed by atoms with Crippen molar-refractivity contribution in [3.63, 3.8) is 0 Å². The normalized spacial score (nSPS) is 11.9. The van der Waals surface area contributed by atoms with Gasteiger partial charge in [0.25, 0.3) is 0 Å². The molecule has 12 nitrogen and oxygen atoms in total. The highest BCUT2D eigenvalue weighted by Gasteiger charge is 2.13. The van der Waals surface area contributed by atoms with Crippen molar-refractivity contribution in [2.75, 3.05) is 5.32 Å². The molecule has 0 spiro atoms. The maximum atomic E-state index is 12.5. The Balaban J connectivity index is 1.16. The second-order valence-electron chi connectivity index (χ2n) is 9.42. The quantitative estimate of drug-likeness (QED) is 0.171. The number of benzene rings is 2. The minimum absolute atomic E-state index is 0.00610. The maximum Gasteiger partial charge on any atom is 0.238 e. The molecule has 0 fully saturated rings. The first-order chi connectivity index (χ1) is 19.8. The van der Waals surface area contributed by atoms with Gasteiger partial charge >= 0.3 is 0 Å². The Hall–Kier alpha value is -3.41. The fraction of sp³-hybridized carbons (Fsp3) is 0.269. The van der Waals surface area contributed by atoms with Gasteiger partial charge in [0.05, 0.1) is 22.6 Å². The number of amides is 1. The van der Waals surface area contributed by atoms with Crippen LogP contribution in [0.1, 0.15) is 38.9 Å². The third-order valence-electron chi connectivity index (χ3n) is 6.00. The molecule has 16 heteroatoms. The van der Waals surface area contributed by atoms with E-state index in [1.807, 2.05) is 0 Å². The summed E-state index contributed by atoms with van der Waals surface area (Å²) in [6, 6.07) is 11.7. The topological polar surface area (TPSA) is 205 Å². The maximum absolute atomic E-state index is 12.5. The van der Waals surface area contributed by atoms with Crippen molar-refractivity contribution in [2.45, 2.75) is 54.7 Å². The van der Waals surface area contributed by atoms with Crippen LogP contribution in [0.3, 0.4) is 0 Å². The summed E-state index contributed by atoms with van der Waals surface area (Å²) in [7, 11) is -7.55. The van der Waals surface area contributed by atoms with Crippen molar-refractivity contribution in [3.05, 3.63) is 80.7 Å². The monoisotopic (exact) mass is 648 g/mol. The lowest BCUT2D eigenvalue weighted by Crippen LogP contribution is -2.15. The molecular formula is C26H28N6O6S4. The number of carbonyl (C=O) groups excluding carboxylic acids is 2. The standard InChI is InChI=1S/C26H28N6O6S4/c27-41(35,36)21-9-5-17(6-10-21)13-19(33)15-25-29-16-20(39-25)3-1-2-4-24-31-32-26(40-24)30-23(34)14-18-7-11-22(12-8-18)42(28,37)38/h5-12,16H,1-4,13-15H2,(H2,27,35,36)(H2,28,37,38)(H,30,32,34). The molecule has 42 heavy (non-hydrogen) atoms. The highest BCUT2D eigenvalue weighted by molar-refractivity contribution is 7.89. The summed E-state index contributed by atoms with van der Waals surface area (Å²) in [6.45, 7) is 0. The van der Waals surface area contributed by atoms with Crippen molar-refractivity contribution < 1.29 is 26.4 Å². The van der Waals surface area contributed by atoms with Crippen LogP contribution in [0.4, 0.5) is 5.13 Å². The van der Waals surface area contributed by atoms with Gasteiger partial charge in [0.2, 0.25) is 31.1 Å². The number of ketones is 1. The molecule has 1 amide bonds. The number of nitrogens with zero attached hydrogens (tertiary/aromatic N) is 3. The Morgan fingerprint density at radius 2 is 1.29 bits per heavy atom. The number of nitrogens with one attached hydrogen (secondary N) is 1. The summed E-state index contributed by atoms with van der Waals surface area (Å²) in [5.41, 5.74) is 1.35. The van der Waals surface area contributed by atoms with Crippen molar-refractivity contribution in [1.82, 2.24) is 15.2 Å². The molecule has 5 N–H and O–H groups in total. The molecule has 0 bridgehead atoms. The Bertz CT molecular complexity index is 1630. The van der Waals surface area contributed by atoms with Gasteiger partial charge < -0.3 is 5.32 Å². The van der Waals surface area contributed by atoms with E-state index in [2.05, 4.69) is 20.5 Å². The molecule has 4 rings (SSSR count). The fourth-order valence-electron chi connectivity index (χ4n) is 3.93. The number of thiazole rings is 1. The number of primary sulfonamides is 2. The molecule has 0 radical (unpaired) electrons. The van der Waals surface area contributed by atoms with Gasteiger partial charge in [-0.05, 0) is 54.7 Å². The van der Waals surface area contributed by atoms with Crippen molar-refractivity contribution in [2.24, 2.45) is 10.3 Å². The summed E-state index contributed by atoms with van der Waals surface area (Å²) in [6.07, 6.45) is 5.50. The molecule has 0 aliphatic rings. The van der Waals surface area contributed by atoms with Gasteiger partial charge in [0, 0.05) is 23.9 Å². The number of aryl methyl sites for hydroxylation is 2. The van der Waals surface area contributed by atoms with Gasteiger partial charge in [0.15, 0.2) is 0 Å². The van der Waals surface area contributed by atoms with Crippen LogP contribution < -0.4 is 15.6 Å². The van der Waals surface area contributed by atoms with Gasteiger partial charge in [-0.3, -0.25) is 9.59 Å². The Morgan fingerprint density at radius 1 is 0.714 bits per heavy atom. The minimum atomic E-state index is -3.79. The summed E-state index contributed by atoms with van der Waals surface area (Å²) < 4.78 is 45.4. The molecular weight excluding hydrogens is 621 g/mol. The van der Waals surface area contributed by atoms with E-state index >= 15 is 0 Å². The van der Waals surface area contributed by atoms with Crippen LogP contribution >= 0.6 is 22.7 Å². The van der Waals surface area contributed by atoms with Crippen LogP contribution in [0.2, 0.25) is 0 Å². The Labute approximate surface area is 251 Å². The number of nitrogens with two attached hydrogens (primary N) is 2. The molecule has 2 aromatic carbocycles. The second kappa shape index (κ2) is 13.7. The highest BCUT2D eigenvalue weighted by Crippen LogP contribution is 2.21. The van der Waals surface area contributed by atoms with E-state index in [9.17, 15) is 26.4 Å². The smallest absolute Gasteiger partial charge is 0.238 e. The SMILES string of the molecule is NS(=O)(=O)c1ccc(CC(=O)Cc2ncc(CCCCc3nnc(NC(=O)Cc4ccc(S(N)(=O)=O)cc4)s3)s2)cc1. The van der Waals surface area contributed by atoms with Crippen molar-refractivity contribution >= 4 is 59.5 Å². The van der Waals surface area contributed by atoms with Gasteiger partial charge in [-0.2, -0.15) is 0 Å². The first-order valence-corrected chi connectivity index (χ1v) is 17.4. The molecule has 0 atom stereocenters. The molecule has 222 valence electrons. The van der Waals surface area contributed by atoms with Crippen molar-refractivity contribution in [1.29, 1.82) is 0 Å². The van der Waals surface area contributed by atoms with Crippen LogP contribution in [0.5, 0.6) is 0 Å². The van der Waals surface area contributed by atoms with E-state index < -0.39 is 20.0 Å². The average molecular weight is 649 g/mol. The van der Waals surface area contributed by atoms with E-state index in [4.69, 9.17) is 10.3 Å². The lowest BCUT2D eigenvalue weighted by Gasteiger charge is -2.03. The zero-order chi connectivity index (χ0) is 30.3. The van der Waals surface area contributed by atoms with Gasteiger partial charge in [-0.1, -0.05) is 35.6 Å². The first kappa shape index (κ1) is 31.5. The number of carbonyl (C=O) groups is 2. The van der Waals surface area contributed by atoms with E-state index in [0.29, 0.717) is 22.7 Å². The molecule has 0 saturated carbocycles. The summed E-state index contributed by atoms with van der Waals surface area (Å²) in [5.74, 6) is -0.307. The fourth-order valence-corrected chi connectivity index (χ4v) is 6.75. The third kappa shape index (κ3) is 9.57. The third-order valence-corrected chi connectivity index (χ3v) is 9.81. The lowest BCUT2D eigenvalue weighted by molar-refractivity contribution is -0.118. The zero-order valence-electron chi connectivity index (χ0n) is 22.2. The molecule has 4 aromatic rings. The number of unbranched alkanes of at least 4 members (excludes halogenated alkanes) is 1. The molecule has 0 saturated heterocycles. The molecule has 0 aliphatic heterocycles. The lowest BCUT2D eigenvalue weighted by atomic mass is 10.1. The van der Waals surface area contributed by atoms with Gasteiger partial charge in [-0.15, -0.1) is 21.5 Å². The first-order valence-electron chi connectivity index (χ1n) is 12.7. The van der Waals surface area contributed by atoms with Crippen LogP contribution in [0, 0.1) is 0 Å². The Kier molecular flexibility index (Phi) is 10.3. The Morgan fingerprint density at radius 3 is 1.88 bits per heavy atom. The summed E-state index contributed by atoms with van der Waals surface area (Å²) in [5, 5.41) is 23.0. The van der Waals surface area contributed by atoms with Gasteiger partial charge in [-0.25, -0.2) is 32.1 Å². The average Bonchev–Trinajstić information content (AvgIpc) is 3.55. The van der Waals surface area contributed by atoms with Gasteiger partial charge in [0.1, 0.15) is 15.8 Å².